The quantitative estimate of drug-likeness (QED) is 0.817. The highest BCUT2D eigenvalue weighted by Crippen LogP contribution is 2.38. The first kappa shape index (κ1) is 10.2. The summed E-state index contributed by atoms with van der Waals surface area (Å²) in [6, 6.07) is 8.45. The lowest BCUT2D eigenvalue weighted by Crippen LogP contribution is -2.37. The molecule has 1 saturated heterocycles. The number of carbonyl (C=O) groups excluding carboxylic acids is 1. The van der Waals surface area contributed by atoms with E-state index < -0.39 is 0 Å². The van der Waals surface area contributed by atoms with Crippen LogP contribution in [-0.4, -0.2) is 28.4 Å². The van der Waals surface area contributed by atoms with Crippen LogP contribution in [0.2, 0.25) is 0 Å². The predicted molar refractivity (Wildman–Crippen MR) is 70.5 cm³/mol. The van der Waals surface area contributed by atoms with Gasteiger partial charge in [-0.3, -0.25) is 4.79 Å². The minimum atomic E-state index is 0.213. The van der Waals surface area contributed by atoms with Crippen LogP contribution in [-0.2, 0) is 0 Å². The molecule has 2 aliphatic rings. The van der Waals surface area contributed by atoms with E-state index in [1.54, 1.807) is 0 Å². The fourth-order valence-electron chi connectivity index (χ4n) is 3.53. The summed E-state index contributed by atoms with van der Waals surface area (Å²) < 4.78 is 0. The number of amides is 1. The highest BCUT2D eigenvalue weighted by molar-refractivity contribution is 5.98. The summed E-state index contributed by atoms with van der Waals surface area (Å²) in [5.74, 6) is 0.972. The molecule has 1 N–H and O–H groups in total. The number of likely N-dealkylation sites (tertiary alicyclic amines) is 1. The van der Waals surface area contributed by atoms with Crippen molar-refractivity contribution in [2.75, 3.05) is 6.54 Å². The van der Waals surface area contributed by atoms with Gasteiger partial charge in [0.2, 0.25) is 0 Å². The largest absolute Gasteiger partial charge is 0.361 e. The third-order valence-corrected chi connectivity index (χ3v) is 4.47. The third kappa shape index (κ3) is 1.40. The lowest BCUT2D eigenvalue weighted by atomic mass is 10.1. The van der Waals surface area contributed by atoms with E-state index in [1.165, 1.54) is 19.3 Å². The molecule has 2 bridgehead atoms. The predicted octanol–water partition coefficient (Wildman–Crippen LogP) is 2.79. The number of hydrogen-bond acceptors (Lipinski definition) is 1. The maximum Gasteiger partial charge on any atom is 0.254 e. The van der Waals surface area contributed by atoms with Crippen LogP contribution >= 0.6 is 0 Å². The summed E-state index contributed by atoms with van der Waals surface area (Å²) >= 11 is 0. The molecule has 0 spiro atoms. The molecule has 2 atom stereocenters. The second-order valence-corrected chi connectivity index (χ2v) is 5.57. The van der Waals surface area contributed by atoms with Gasteiger partial charge in [-0.1, -0.05) is 0 Å². The maximum atomic E-state index is 12.5. The lowest BCUT2D eigenvalue weighted by molar-refractivity contribution is 0.0704. The van der Waals surface area contributed by atoms with Crippen LogP contribution in [0.15, 0.2) is 30.5 Å². The molecule has 1 aromatic carbocycles. The molecule has 4 rings (SSSR count). The van der Waals surface area contributed by atoms with Crippen LogP contribution in [0.3, 0.4) is 0 Å². The van der Waals surface area contributed by atoms with E-state index in [0.717, 1.165) is 28.9 Å². The molecule has 1 aliphatic carbocycles. The lowest BCUT2D eigenvalue weighted by Gasteiger charge is -2.27. The van der Waals surface area contributed by atoms with Gasteiger partial charge in [0.15, 0.2) is 0 Å². The number of nitrogens with zero attached hydrogens (tertiary/aromatic N) is 1. The van der Waals surface area contributed by atoms with Crippen molar-refractivity contribution in [3.63, 3.8) is 0 Å². The standard InChI is InChI=1S/C15H16N2O/c18-15(17-9-10-1-3-13(17)7-10)12-2-4-14-11(8-12)5-6-16-14/h2,4-6,8,10,13,16H,1,3,7,9H2. The van der Waals surface area contributed by atoms with E-state index in [2.05, 4.69) is 9.88 Å². The smallest absolute Gasteiger partial charge is 0.254 e. The zero-order chi connectivity index (χ0) is 12.1. The molecule has 2 heterocycles. The van der Waals surface area contributed by atoms with Gasteiger partial charge in [0.05, 0.1) is 0 Å². The molecule has 2 aromatic rings. The van der Waals surface area contributed by atoms with E-state index in [1.807, 2.05) is 30.5 Å². The summed E-state index contributed by atoms with van der Waals surface area (Å²) in [4.78, 5) is 17.8. The summed E-state index contributed by atoms with van der Waals surface area (Å²) in [6.07, 6.45) is 5.64. The molecule has 0 radical (unpaired) electrons. The first-order valence-corrected chi connectivity index (χ1v) is 6.69. The molecule has 1 aliphatic heterocycles. The van der Waals surface area contributed by atoms with Crippen LogP contribution in [0.4, 0.5) is 0 Å². The molecule has 3 heteroatoms. The highest BCUT2D eigenvalue weighted by Gasteiger charge is 2.40. The van der Waals surface area contributed by atoms with Crippen molar-refractivity contribution in [3.05, 3.63) is 36.0 Å². The van der Waals surface area contributed by atoms with Crippen molar-refractivity contribution < 1.29 is 4.79 Å². The van der Waals surface area contributed by atoms with Gasteiger partial charge in [0.1, 0.15) is 0 Å². The first-order chi connectivity index (χ1) is 8.81. The van der Waals surface area contributed by atoms with Crippen molar-refractivity contribution in [1.29, 1.82) is 0 Å². The SMILES string of the molecule is O=C(c1ccc2[nH]ccc2c1)N1CC2CCC1C2. The number of hydrogen-bond donors (Lipinski definition) is 1. The van der Waals surface area contributed by atoms with E-state index in [-0.39, 0.29) is 5.91 Å². The monoisotopic (exact) mass is 240 g/mol. The Balaban J connectivity index is 1.67. The molecule has 2 unspecified atom stereocenters. The molecule has 3 nitrogen and oxygen atoms in total. The van der Waals surface area contributed by atoms with Gasteiger partial charge >= 0.3 is 0 Å². The van der Waals surface area contributed by atoms with E-state index in [9.17, 15) is 4.79 Å². The number of rotatable bonds is 1. The first-order valence-electron chi connectivity index (χ1n) is 6.69. The number of fused-ring (bicyclic) bond motifs is 3. The number of aromatic amines is 1. The van der Waals surface area contributed by atoms with Crippen LogP contribution in [0, 0.1) is 5.92 Å². The van der Waals surface area contributed by atoms with Crippen LogP contribution in [0.1, 0.15) is 29.6 Å². The number of nitrogens with one attached hydrogen (secondary N) is 1. The van der Waals surface area contributed by atoms with Gasteiger partial charge < -0.3 is 9.88 Å². The number of carbonyl (C=O) groups is 1. The Morgan fingerprint density at radius 2 is 2.22 bits per heavy atom. The second kappa shape index (κ2) is 3.61. The van der Waals surface area contributed by atoms with E-state index >= 15 is 0 Å². The Kier molecular flexibility index (Phi) is 2.04. The van der Waals surface area contributed by atoms with Crippen LogP contribution < -0.4 is 0 Å². The zero-order valence-corrected chi connectivity index (χ0v) is 10.2. The Morgan fingerprint density at radius 3 is 3.00 bits per heavy atom. The maximum absolute atomic E-state index is 12.5. The summed E-state index contributed by atoms with van der Waals surface area (Å²) in [5.41, 5.74) is 1.92. The minimum Gasteiger partial charge on any atom is -0.361 e. The Hall–Kier alpha value is -1.77. The second-order valence-electron chi connectivity index (χ2n) is 5.57. The molecule has 1 aromatic heterocycles. The normalized spacial score (nSPS) is 26.1. The van der Waals surface area contributed by atoms with Gasteiger partial charge in [0, 0.05) is 35.2 Å². The van der Waals surface area contributed by atoms with Gasteiger partial charge in [-0.2, -0.15) is 0 Å². The zero-order valence-electron chi connectivity index (χ0n) is 10.2. The number of piperidine rings is 1. The molecule has 1 saturated carbocycles. The Bertz CT molecular complexity index is 616. The van der Waals surface area contributed by atoms with E-state index in [0.29, 0.717) is 6.04 Å². The fourth-order valence-corrected chi connectivity index (χ4v) is 3.53. The average molecular weight is 240 g/mol. The molecule has 1 amide bonds. The fraction of sp³-hybridized carbons (Fsp3) is 0.400. The molecular formula is C15H16N2O. The van der Waals surface area contributed by atoms with Crippen molar-refractivity contribution in [1.82, 2.24) is 9.88 Å². The van der Waals surface area contributed by atoms with Gasteiger partial charge in [-0.05, 0) is 49.4 Å². The summed E-state index contributed by atoms with van der Waals surface area (Å²) in [5, 5.41) is 1.12. The third-order valence-electron chi connectivity index (χ3n) is 4.47. The van der Waals surface area contributed by atoms with Gasteiger partial charge in [-0.15, -0.1) is 0 Å². The molecular weight excluding hydrogens is 224 g/mol. The van der Waals surface area contributed by atoms with Gasteiger partial charge in [-0.25, -0.2) is 0 Å². The van der Waals surface area contributed by atoms with Crippen molar-refractivity contribution >= 4 is 16.8 Å². The number of aromatic nitrogens is 1. The highest BCUT2D eigenvalue weighted by atomic mass is 16.2. The number of benzene rings is 1. The van der Waals surface area contributed by atoms with Crippen LogP contribution in [0.25, 0.3) is 10.9 Å². The summed E-state index contributed by atoms with van der Waals surface area (Å²) in [6.45, 7) is 0.967. The molecule has 18 heavy (non-hydrogen) atoms. The average Bonchev–Trinajstić information content (AvgIpc) is 3.12. The van der Waals surface area contributed by atoms with Crippen molar-refractivity contribution in [2.45, 2.75) is 25.3 Å². The van der Waals surface area contributed by atoms with Crippen molar-refractivity contribution in [3.8, 4) is 0 Å². The minimum absolute atomic E-state index is 0.213. The van der Waals surface area contributed by atoms with Crippen LogP contribution in [0.5, 0.6) is 0 Å². The summed E-state index contributed by atoms with van der Waals surface area (Å²) in [7, 11) is 0. The molecule has 92 valence electrons. The van der Waals surface area contributed by atoms with E-state index in [4.69, 9.17) is 0 Å². The van der Waals surface area contributed by atoms with Gasteiger partial charge in [0.25, 0.3) is 5.91 Å². The van der Waals surface area contributed by atoms with Crippen molar-refractivity contribution in [2.24, 2.45) is 5.92 Å². The molecule has 2 fully saturated rings. The Labute approximate surface area is 106 Å². The Morgan fingerprint density at radius 1 is 1.28 bits per heavy atom. The topological polar surface area (TPSA) is 36.1 Å². The number of H-pyrrole nitrogens is 1.